The predicted molar refractivity (Wildman–Crippen MR) is 80.9 cm³/mol. The summed E-state index contributed by atoms with van der Waals surface area (Å²) in [5.41, 5.74) is 1.30. The number of hydrogen-bond donors (Lipinski definition) is 3. The number of nitrogens with one attached hydrogen (secondary N) is 1. The van der Waals surface area contributed by atoms with E-state index in [1.807, 2.05) is 0 Å². The molecular weight excluding hydrogens is 344 g/mol. The molecule has 2 aromatic carbocycles. The molecule has 0 amide bonds. The first kappa shape index (κ1) is 14.8. The third kappa shape index (κ3) is 3.72. The number of nitrogens with two attached hydrogens (primary N) is 1. The highest BCUT2D eigenvalue weighted by molar-refractivity contribution is 9.10. The van der Waals surface area contributed by atoms with Gasteiger partial charge < -0.3 is 10.4 Å². The molecule has 0 fully saturated rings. The Hall–Kier alpha value is -1.57. The van der Waals surface area contributed by atoms with Gasteiger partial charge >= 0.3 is 0 Å². The zero-order valence-electron chi connectivity index (χ0n) is 10.4. The summed E-state index contributed by atoms with van der Waals surface area (Å²) < 4.78 is 23.4. The van der Waals surface area contributed by atoms with Gasteiger partial charge in [0, 0.05) is 22.3 Å². The van der Waals surface area contributed by atoms with Gasteiger partial charge in [0.1, 0.15) is 5.75 Å². The average Bonchev–Trinajstić information content (AvgIpc) is 2.39. The molecule has 5 nitrogen and oxygen atoms in total. The van der Waals surface area contributed by atoms with Crippen LogP contribution in [0.2, 0.25) is 0 Å². The van der Waals surface area contributed by atoms with Gasteiger partial charge in [-0.05, 0) is 36.4 Å². The summed E-state index contributed by atoms with van der Waals surface area (Å²) in [5.74, 6) is 0.170. The van der Waals surface area contributed by atoms with Crippen molar-refractivity contribution in [3.63, 3.8) is 0 Å². The van der Waals surface area contributed by atoms with Crippen LogP contribution in [-0.4, -0.2) is 13.5 Å². The number of primary sulfonamides is 1. The molecule has 2 rings (SSSR count). The number of phenols is 1. The minimum absolute atomic E-state index is 0.0426. The highest BCUT2D eigenvalue weighted by Crippen LogP contribution is 2.23. The lowest BCUT2D eigenvalue weighted by atomic mass is 10.2. The number of hydrogen-bond acceptors (Lipinski definition) is 4. The molecule has 0 aliphatic rings. The van der Waals surface area contributed by atoms with Crippen LogP contribution >= 0.6 is 15.9 Å². The van der Waals surface area contributed by atoms with Crippen LogP contribution in [0.15, 0.2) is 51.8 Å². The molecule has 20 heavy (non-hydrogen) atoms. The number of benzene rings is 2. The SMILES string of the molecule is NS(=O)(=O)c1cccc(NCc2cc(Br)ccc2O)c1. The normalized spacial score (nSPS) is 11.3. The number of rotatable bonds is 4. The van der Waals surface area contributed by atoms with Crippen LogP contribution in [0.4, 0.5) is 5.69 Å². The molecule has 7 heteroatoms. The molecule has 0 saturated heterocycles. The molecule has 0 aromatic heterocycles. The summed E-state index contributed by atoms with van der Waals surface area (Å²) in [5, 5.41) is 17.8. The van der Waals surface area contributed by atoms with E-state index in [9.17, 15) is 13.5 Å². The number of anilines is 1. The fraction of sp³-hybridized carbons (Fsp3) is 0.0769. The monoisotopic (exact) mass is 356 g/mol. The summed E-state index contributed by atoms with van der Waals surface area (Å²) >= 11 is 3.33. The van der Waals surface area contributed by atoms with Crippen molar-refractivity contribution in [1.82, 2.24) is 0 Å². The largest absolute Gasteiger partial charge is 0.508 e. The van der Waals surface area contributed by atoms with E-state index < -0.39 is 10.0 Å². The zero-order chi connectivity index (χ0) is 14.8. The van der Waals surface area contributed by atoms with Crippen molar-refractivity contribution in [1.29, 1.82) is 0 Å². The van der Waals surface area contributed by atoms with Crippen LogP contribution in [0.1, 0.15) is 5.56 Å². The van der Waals surface area contributed by atoms with Crippen LogP contribution < -0.4 is 10.5 Å². The molecule has 0 bridgehead atoms. The van der Waals surface area contributed by atoms with Crippen molar-refractivity contribution >= 4 is 31.6 Å². The van der Waals surface area contributed by atoms with E-state index in [1.165, 1.54) is 12.1 Å². The molecule has 0 aliphatic carbocycles. The molecule has 106 valence electrons. The average molecular weight is 357 g/mol. The standard InChI is InChI=1S/C13H13BrN2O3S/c14-10-4-5-13(17)9(6-10)8-16-11-2-1-3-12(7-11)20(15,18)19/h1-7,16-17H,8H2,(H2,15,18,19). The van der Waals surface area contributed by atoms with E-state index in [-0.39, 0.29) is 10.6 Å². The lowest BCUT2D eigenvalue weighted by molar-refractivity contribution is 0.469. The Labute approximate surface area is 125 Å². The zero-order valence-corrected chi connectivity index (χ0v) is 12.8. The van der Waals surface area contributed by atoms with Crippen molar-refractivity contribution < 1.29 is 13.5 Å². The van der Waals surface area contributed by atoms with Gasteiger partial charge in [-0.15, -0.1) is 0 Å². The van der Waals surface area contributed by atoms with Gasteiger partial charge in [-0.3, -0.25) is 0 Å². The Kier molecular flexibility index (Phi) is 4.32. The van der Waals surface area contributed by atoms with Crippen LogP contribution in [0.5, 0.6) is 5.75 Å². The molecule has 0 spiro atoms. The van der Waals surface area contributed by atoms with Gasteiger partial charge in [0.2, 0.25) is 10.0 Å². The summed E-state index contributed by atoms with van der Waals surface area (Å²) in [6.07, 6.45) is 0. The smallest absolute Gasteiger partial charge is 0.238 e. The van der Waals surface area contributed by atoms with Gasteiger partial charge in [-0.1, -0.05) is 22.0 Å². The third-order valence-corrected chi connectivity index (χ3v) is 4.09. The predicted octanol–water partition coefficient (Wildman–Crippen LogP) is 2.41. The van der Waals surface area contributed by atoms with E-state index in [2.05, 4.69) is 21.2 Å². The summed E-state index contributed by atoms with van der Waals surface area (Å²) in [6.45, 7) is 0.360. The second-order valence-electron chi connectivity index (χ2n) is 4.20. The van der Waals surface area contributed by atoms with Gasteiger partial charge in [-0.25, -0.2) is 13.6 Å². The Morgan fingerprint density at radius 1 is 1.20 bits per heavy atom. The molecule has 4 N–H and O–H groups in total. The molecular formula is C13H13BrN2O3S. The first-order valence-electron chi connectivity index (χ1n) is 5.70. The maximum Gasteiger partial charge on any atom is 0.238 e. The Balaban J connectivity index is 2.17. The minimum Gasteiger partial charge on any atom is -0.508 e. The maximum absolute atomic E-state index is 11.3. The van der Waals surface area contributed by atoms with Crippen molar-refractivity contribution in [2.45, 2.75) is 11.4 Å². The van der Waals surface area contributed by atoms with E-state index in [4.69, 9.17) is 5.14 Å². The molecule has 0 unspecified atom stereocenters. The lowest BCUT2D eigenvalue weighted by Crippen LogP contribution is -2.12. The molecule has 0 aliphatic heterocycles. The lowest BCUT2D eigenvalue weighted by Gasteiger charge is -2.09. The summed E-state index contributed by atoms with van der Waals surface area (Å²) in [4.78, 5) is 0.0426. The van der Waals surface area contributed by atoms with E-state index in [0.29, 0.717) is 17.8 Å². The summed E-state index contributed by atoms with van der Waals surface area (Å²) in [6, 6.07) is 11.3. The van der Waals surface area contributed by atoms with Gasteiger partial charge in [0.15, 0.2) is 0 Å². The van der Waals surface area contributed by atoms with E-state index >= 15 is 0 Å². The molecule has 0 atom stereocenters. The van der Waals surface area contributed by atoms with Crippen molar-refractivity contribution in [2.24, 2.45) is 5.14 Å². The van der Waals surface area contributed by atoms with Crippen LogP contribution in [0.3, 0.4) is 0 Å². The number of sulfonamides is 1. The highest BCUT2D eigenvalue weighted by Gasteiger charge is 2.08. The molecule has 2 aromatic rings. The quantitative estimate of drug-likeness (QED) is 0.784. The molecule has 0 heterocycles. The maximum atomic E-state index is 11.3. The van der Waals surface area contributed by atoms with Crippen LogP contribution in [-0.2, 0) is 16.6 Å². The van der Waals surface area contributed by atoms with Gasteiger partial charge in [0.25, 0.3) is 0 Å². The highest BCUT2D eigenvalue weighted by atomic mass is 79.9. The summed E-state index contributed by atoms with van der Waals surface area (Å²) in [7, 11) is -3.72. The Morgan fingerprint density at radius 2 is 1.95 bits per heavy atom. The van der Waals surface area contributed by atoms with E-state index in [0.717, 1.165) is 4.47 Å². The second-order valence-corrected chi connectivity index (χ2v) is 6.68. The van der Waals surface area contributed by atoms with Crippen LogP contribution in [0.25, 0.3) is 0 Å². The first-order chi connectivity index (χ1) is 9.36. The van der Waals surface area contributed by atoms with Gasteiger partial charge in [0.05, 0.1) is 4.90 Å². The van der Waals surface area contributed by atoms with Gasteiger partial charge in [-0.2, -0.15) is 0 Å². The first-order valence-corrected chi connectivity index (χ1v) is 8.04. The Morgan fingerprint density at radius 3 is 2.65 bits per heavy atom. The fourth-order valence-corrected chi connectivity index (χ4v) is 2.64. The number of aromatic hydroxyl groups is 1. The third-order valence-electron chi connectivity index (χ3n) is 2.69. The van der Waals surface area contributed by atoms with E-state index in [1.54, 1.807) is 30.3 Å². The topological polar surface area (TPSA) is 92.4 Å². The van der Waals surface area contributed by atoms with Crippen LogP contribution in [0, 0.1) is 0 Å². The molecule has 0 saturated carbocycles. The minimum atomic E-state index is -3.72. The number of phenolic OH excluding ortho intramolecular Hbond substituents is 1. The van der Waals surface area contributed by atoms with Crippen molar-refractivity contribution in [3.05, 3.63) is 52.5 Å². The van der Waals surface area contributed by atoms with Crippen molar-refractivity contribution in [3.8, 4) is 5.75 Å². The number of halogens is 1. The fourth-order valence-electron chi connectivity index (χ4n) is 1.68. The Bertz CT molecular complexity index is 732. The molecule has 0 radical (unpaired) electrons. The van der Waals surface area contributed by atoms with Crippen molar-refractivity contribution in [2.75, 3.05) is 5.32 Å². The second kappa shape index (κ2) is 5.82.